The summed E-state index contributed by atoms with van der Waals surface area (Å²) in [6, 6.07) is 0.676. The van der Waals surface area contributed by atoms with Crippen molar-refractivity contribution in [3.05, 3.63) is 22.4 Å². The minimum absolute atomic E-state index is 0.0790. The van der Waals surface area contributed by atoms with Crippen LogP contribution in [-0.4, -0.2) is 37.2 Å². The van der Waals surface area contributed by atoms with Crippen molar-refractivity contribution in [1.29, 1.82) is 0 Å². The van der Waals surface area contributed by atoms with E-state index in [1.165, 1.54) is 38.5 Å². The fourth-order valence-electron chi connectivity index (χ4n) is 4.27. The number of fused-ring (bicyclic) bond motifs is 1. The molecule has 2 aromatic rings. The zero-order valence-corrected chi connectivity index (χ0v) is 13.1. The van der Waals surface area contributed by atoms with E-state index in [2.05, 4.69) is 20.0 Å². The van der Waals surface area contributed by atoms with Gasteiger partial charge in [0.05, 0.1) is 12.7 Å². The van der Waals surface area contributed by atoms with Gasteiger partial charge in [0.1, 0.15) is 11.2 Å². The Morgan fingerprint density at radius 2 is 2.09 bits per heavy atom. The number of nitrogens with one attached hydrogen (secondary N) is 1. The lowest BCUT2D eigenvalue weighted by Gasteiger charge is -2.28. The van der Waals surface area contributed by atoms with Crippen molar-refractivity contribution in [3.8, 4) is 0 Å². The molecular weight excluding hydrogens is 278 g/mol. The molecule has 118 valence electrons. The van der Waals surface area contributed by atoms with Gasteiger partial charge in [0, 0.05) is 13.1 Å². The van der Waals surface area contributed by atoms with Gasteiger partial charge in [0.25, 0.3) is 5.56 Å². The van der Waals surface area contributed by atoms with Crippen LogP contribution in [0.5, 0.6) is 0 Å². The van der Waals surface area contributed by atoms with Gasteiger partial charge in [-0.2, -0.15) is 5.10 Å². The third-order valence-electron chi connectivity index (χ3n) is 5.36. The molecule has 0 radical (unpaired) electrons. The molecule has 1 aliphatic heterocycles. The number of rotatable bonds is 3. The van der Waals surface area contributed by atoms with Crippen LogP contribution in [0.1, 0.15) is 44.3 Å². The van der Waals surface area contributed by atoms with Crippen LogP contribution in [0.3, 0.4) is 0 Å². The van der Waals surface area contributed by atoms with Gasteiger partial charge in [-0.15, -0.1) is 0 Å². The van der Waals surface area contributed by atoms with Crippen LogP contribution in [0.25, 0.3) is 11.0 Å². The van der Waals surface area contributed by atoms with E-state index in [1.54, 1.807) is 10.9 Å². The van der Waals surface area contributed by atoms with Crippen LogP contribution in [0.15, 0.2) is 11.0 Å². The Morgan fingerprint density at radius 3 is 2.91 bits per heavy atom. The first-order chi connectivity index (χ1) is 10.7. The molecule has 6 heteroatoms. The molecule has 6 nitrogen and oxygen atoms in total. The van der Waals surface area contributed by atoms with Gasteiger partial charge in [-0.05, 0) is 38.1 Å². The standard InChI is InChI=1S/C16H23N5O/c1-20-15-12(9-17-20)16(22)19-14(18-15)10-21-8-4-7-13(21)11-5-2-3-6-11/h9,11,13H,2-8,10H2,1H3,(H,18,19,22). The number of aryl methyl sites for hydroxylation is 1. The third-order valence-corrected chi connectivity index (χ3v) is 5.36. The number of likely N-dealkylation sites (tertiary alicyclic amines) is 1. The van der Waals surface area contributed by atoms with Crippen LogP contribution in [0, 0.1) is 5.92 Å². The van der Waals surface area contributed by atoms with Gasteiger partial charge in [-0.25, -0.2) is 4.98 Å². The van der Waals surface area contributed by atoms with Crippen molar-refractivity contribution in [2.75, 3.05) is 6.54 Å². The molecular formula is C16H23N5O. The maximum Gasteiger partial charge on any atom is 0.262 e. The summed E-state index contributed by atoms with van der Waals surface area (Å²) in [5.41, 5.74) is 0.597. The van der Waals surface area contributed by atoms with Crippen LogP contribution < -0.4 is 5.56 Å². The van der Waals surface area contributed by atoms with Gasteiger partial charge >= 0.3 is 0 Å². The van der Waals surface area contributed by atoms with E-state index in [0.29, 0.717) is 17.1 Å². The molecule has 1 saturated carbocycles. The highest BCUT2D eigenvalue weighted by molar-refractivity contribution is 5.72. The normalized spacial score (nSPS) is 23.8. The summed E-state index contributed by atoms with van der Waals surface area (Å²) in [6.07, 6.45) is 9.64. The van der Waals surface area contributed by atoms with Gasteiger partial charge in [0.2, 0.25) is 0 Å². The predicted molar refractivity (Wildman–Crippen MR) is 84.5 cm³/mol. The zero-order chi connectivity index (χ0) is 15.1. The topological polar surface area (TPSA) is 66.8 Å². The highest BCUT2D eigenvalue weighted by Crippen LogP contribution is 2.35. The van der Waals surface area contributed by atoms with Crippen molar-refractivity contribution in [1.82, 2.24) is 24.6 Å². The molecule has 1 unspecified atom stereocenters. The van der Waals surface area contributed by atoms with Gasteiger partial charge in [0.15, 0.2) is 5.65 Å². The van der Waals surface area contributed by atoms with Crippen LogP contribution in [0.2, 0.25) is 0 Å². The predicted octanol–water partition coefficient (Wildman–Crippen LogP) is 1.81. The van der Waals surface area contributed by atoms with Gasteiger partial charge < -0.3 is 4.98 Å². The molecule has 2 fully saturated rings. The van der Waals surface area contributed by atoms with Gasteiger partial charge in [-0.3, -0.25) is 14.4 Å². The quantitative estimate of drug-likeness (QED) is 0.939. The van der Waals surface area contributed by atoms with E-state index in [4.69, 9.17) is 0 Å². The Balaban J connectivity index is 1.59. The fourth-order valence-corrected chi connectivity index (χ4v) is 4.27. The van der Waals surface area contributed by atoms with Crippen LogP contribution >= 0.6 is 0 Å². The second kappa shape index (κ2) is 5.50. The Bertz CT molecular complexity index is 728. The molecule has 2 aliphatic rings. The van der Waals surface area contributed by atoms with Gasteiger partial charge in [-0.1, -0.05) is 12.8 Å². The fraction of sp³-hybridized carbons (Fsp3) is 0.688. The average Bonchev–Trinajstić information content (AvgIpc) is 3.20. The maximum atomic E-state index is 12.2. The van der Waals surface area contributed by atoms with E-state index in [1.807, 2.05) is 7.05 Å². The Morgan fingerprint density at radius 1 is 1.27 bits per heavy atom. The summed E-state index contributed by atoms with van der Waals surface area (Å²) in [5, 5.41) is 4.70. The molecule has 1 saturated heterocycles. The third kappa shape index (κ3) is 2.35. The first-order valence-corrected chi connectivity index (χ1v) is 8.37. The first kappa shape index (κ1) is 13.9. The first-order valence-electron chi connectivity index (χ1n) is 8.37. The number of aromatic amines is 1. The molecule has 0 aromatic carbocycles. The number of hydrogen-bond acceptors (Lipinski definition) is 4. The largest absolute Gasteiger partial charge is 0.309 e. The number of nitrogens with zero attached hydrogens (tertiary/aromatic N) is 4. The van der Waals surface area contributed by atoms with E-state index in [-0.39, 0.29) is 5.56 Å². The summed E-state index contributed by atoms with van der Waals surface area (Å²) < 4.78 is 1.67. The molecule has 0 bridgehead atoms. The second-order valence-electron chi connectivity index (χ2n) is 6.74. The molecule has 1 aliphatic carbocycles. The Kier molecular flexibility index (Phi) is 3.48. The van der Waals surface area contributed by atoms with Crippen molar-refractivity contribution in [2.24, 2.45) is 13.0 Å². The smallest absolute Gasteiger partial charge is 0.262 e. The number of H-pyrrole nitrogens is 1. The van der Waals surface area contributed by atoms with E-state index in [0.717, 1.165) is 24.8 Å². The highest BCUT2D eigenvalue weighted by atomic mass is 16.1. The molecule has 4 rings (SSSR count). The molecule has 1 atom stereocenters. The van der Waals surface area contributed by atoms with Crippen LogP contribution in [-0.2, 0) is 13.6 Å². The molecule has 0 amide bonds. The Hall–Kier alpha value is -1.69. The lowest BCUT2D eigenvalue weighted by molar-refractivity contribution is 0.179. The summed E-state index contributed by atoms with van der Waals surface area (Å²) in [4.78, 5) is 22.2. The lowest BCUT2D eigenvalue weighted by atomic mass is 9.96. The van der Waals surface area contributed by atoms with Crippen molar-refractivity contribution in [2.45, 2.75) is 51.1 Å². The SMILES string of the molecule is Cn1ncc2c(=O)[nH]c(CN3CCCC3C3CCCC3)nc21. The minimum atomic E-state index is -0.0790. The lowest BCUT2D eigenvalue weighted by Crippen LogP contribution is -2.35. The van der Waals surface area contributed by atoms with Crippen molar-refractivity contribution >= 4 is 11.0 Å². The summed E-state index contributed by atoms with van der Waals surface area (Å²) in [6.45, 7) is 1.87. The minimum Gasteiger partial charge on any atom is -0.309 e. The summed E-state index contributed by atoms with van der Waals surface area (Å²) >= 11 is 0. The molecule has 0 spiro atoms. The van der Waals surface area contributed by atoms with Crippen molar-refractivity contribution < 1.29 is 0 Å². The number of hydrogen-bond donors (Lipinski definition) is 1. The highest BCUT2D eigenvalue weighted by Gasteiger charge is 2.33. The average molecular weight is 301 g/mol. The maximum absolute atomic E-state index is 12.2. The second-order valence-corrected chi connectivity index (χ2v) is 6.74. The molecule has 22 heavy (non-hydrogen) atoms. The monoisotopic (exact) mass is 301 g/mol. The summed E-state index contributed by atoms with van der Waals surface area (Å²) in [5.74, 6) is 1.61. The van der Waals surface area contributed by atoms with Crippen molar-refractivity contribution in [3.63, 3.8) is 0 Å². The van der Waals surface area contributed by atoms with E-state index in [9.17, 15) is 4.79 Å². The molecule has 1 N–H and O–H groups in total. The molecule has 3 heterocycles. The van der Waals surface area contributed by atoms with E-state index < -0.39 is 0 Å². The Labute approximate surface area is 129 Å². The summed E-state index contributed by atoms with van der Waals surface area (Å²) in [7, 11) is 1.83. The van der Waals surface area contributed by atoms with E-state index >= 15 is 0 Å². The zero-order valence-electron chi connectivity index (χ0n) is 13.1. The van der Waals surface area contributed by atoms with Crippen LogP contribution in [0.4, 0.5) is 0 Å². The molecule has 2 aromatic heterocycles. The number of aromatic nitrogens is 4.